The van der Waals surface area contributed by atoms with Crippen LogP contribution in [0.3, 0.4) is 0 Å². The summed E-state index contributed by atoms with van der Waals surface area (Å²) in [7, 11) is 0. The fraction of sp³-hybridized carbons (Fsp3) is 0.600. The molecule has 0 unspecified atom stereocenters. The van der Waals surface area contributed by atoms with Crippen LogP contribution < -0.4 is 0 Å². The number of rotatable bonds is 2. The summed E-state index contributed by atoms with van der Waals surface area (Å²) in [4.78, 5) is 0. The minimum absolute atomic E-state index is 0.220. The molecule has 0 aromatic carbocycles. The molecule has 0 aromatic rings. The van der Waals surface area contributed by atoms with Crippen LogP contribution in [0.5, 0.6) is 0 Å². The molecule has 0 aliphatic heterocycles. The van der Waals surface area contributed by atoms with E-state index >= 15 is 0 Å². The third-order valence-corrected chi connectivity index (χ3v) is 12.4. The number of hydrogen-bond donors (Lipinski definition) is 0. The second-order valence-corrected chi connectivity index (χ2v) is 12.4. The van der Waals surface area contributed by atoms with E-state index in [0.29, 0.717) is 7.86 Å². The Hall–Kier alpha value is -0.391. The second kappa shape index (κ2) is 5.07. The van der Waals surface area contributed by atoms with Crippen molar-refractivity contribution < 1.29 is 17.7 Å². The summed E-state index contributed by atoms with van der Waals surface area (Å²) in [5, 5.41) is 0. The van der Waals surface area contributed by atoms with Crippen LogP contribution in [0.15, 0.2) is 44.6 Å². The maximum atomic E-state index is 2.51. The van der Waals surface area contributed by atoms with E-state index in [2.05, 4.69) is 69.2 Å². The molecular weight excluding hydrogens is 432 g/mol. The van der Waals surface area contributed by atoms with E-state index in [1.54, 1.807) is 22.3 Å². The van der Waals surface area contributed by atoms with Gasteiger partial charge in [-0.25, -0.2) is 0 Å². The Balaban J connectivity index is 2.54. The second-order valence-electron chi connectivity index (χ2n) is 7.00. The van der Waals surface area contributed by atoms with Gasteiger partial charge < -0.3 is 0 Å². The molecule has 21 heavy (non-hydrogen) atoms. The van der Waals surface area contributed by atoms with Crippen molar-refractivity contribution in [2.75, 3.05) is 0 Å². The molecule has 0 amide bonds. The average Bonchev–Trinajstić information content (AvgIpc) is 2.67. The standard InChI is InChI=1S/2C10H15.Ir/c2*1-6-7(2)9(4)10(5)8(6)3;/h2*1-5H3;/q;;+1. The Morgan fingerprint density at radius 3 is 0.857 bits per heavy atom. The van der Waals surface area contributed by atoms with Gasteiger partial charge in [0.05, 0.1) is 0 Å². The molecule has 0 radical (unpaired) electrons. The van der Waals surface area contributed by atoms with Gasteiger partial charge in [0.25, 0.3) is 0 Å². The Morgan fingerprint density at radius 1 is 0.476 bits per heavy atom. The normalized spacial score (nSPS) is 25.0. The van der Waals surface area contributed by atoms with Gasteiger partial charge >= 0.3 is 139 Å². The van der Waals surface area contributed by atoms with E-state index in [9.17, 15) is 0 Å². The van der Waals surface area contributed by atoms with Crippen LogP contribution in [-0.4, -0.2) is 0 Å². The predicted octanol–water partition coefficient (Wildman–Crippen LogP) is 6.80. The van der Waals surface area contributed by atoms with Crippen molar-refractivity contribution in [2.24, 2.45) is 0 Å². The van der Waals surface area contributed by atoms with Gasteiger partial charge in [-0.1, -0.05) is 0 Å². The van der Waals surface area contributed by atoms with Gasteiger partial charge in [-0.3, -0.25) is 0 Å². The molecule has 0 aromatic heterocycles. The molecule has 2 aliphatic rings. The van der Waals surface area contributed by atoms with Crippen molar-refractivity contribution in [3.05, 3.63) is 44.6 Å². The quantitative estimate of drug-likeness (QED) is 0.423. The van der Waals surface area contributed by atoms with E-state index in [1.807, 2.05) is 0 Å². The molecule has 0 spiro atoms. The molecule has 0 heterocycles. The first-order valence-electron chi connectivity index (χ1n) is 7.83. The molecule has 0 bridgehead atoms. The monoisotopic (exact) mass is 463 g/mol. The molecule has 0 saturated carbocycles. The predicted molar refractivity (Wildman–Crippen MR) is 90.2 cm³/mol. The molecule has 1 heteroatoms. The third kappa shape index (κ3) is 2.12. The summed E-state index contributed by atoms with van der Waals surface area (Å²) in [5.41, 5.74) is 12.7. The van der Waals surface area contributed by atoms with Crippen LogP contribution in [-0.2, 0) is 17.7 Å². The Bertz CT molecular complexity index is 531. The summed E-state index contributed by atoms with van der Waals surface area (Å²) in [5.74, 6) is 0. The maximum absolute atomic E-state index is 2.51. The minimum atomic E-state index is -0.220. The van der Waals surface area contributed by atoms with Gasteiger partial charge in [-0.05, 0) is 0 Å². The zero-order valence-corrected chi connectivity index (χ0v) is 17.7. The van der Waals surface area contributed by atoms with Crippen molar-refractivity contribution >= 4 is 0 Å². The first kappa shape index (κ1) is 17.0. The van der Waals surface area contributed by atoms with Gasteiger partial charge in [0.15, 0.2) is 0 Å². The number of hydrogen-bond acceptors (Lipinski definition) is 0. The average molecular weight is 463 g/mol. The van der Waals surface area contributed by atoms with Crippen molar-refractivity contribution in [1.29, 1.82) is 0 Å². The van der Waals surface area contributed by atoms with E-state index in [0.717, 1.165) is 0 Å². The fourth-order valence-corrected chi connectivity index (χ4v) is 9.63. The molecule has 0 atom stereocenters. The van der Waals surface area contributed by atoms with E-state index in [4.69, 9.17) is 0 Å². The van der Waals surface area contributed by atoms with Crippen LogP contribution in [0.4, 0.5) is 0 Å². The topological polar surface area (TPSA) is 0 Å². The first-order valence-corrected chi connectivity index (χ1v) is 10.2. The molecule has 118 valence electrons. The third-order valence-electron chi connectivity index (χ3n) is 6.46. The van der Waals surface area contributed by atoms with Crippen LogP contribution in [0, 0.1) is 0 Å². The molecule has 0 nitrogen and oxygen atoms in total. The summed E-state index contributed by atoms with van der Waals surface area (Å²) < 4.78 is 0.659. The molecular formula is C20H30Ir+. The zero-order valence-electron chi connectivity index (χ0n) is 15.3. The van der Waals surface area contributed by atoms with Crippen LogP contribution >= 0.6 is 0 Å². The summed E-state index contributed by atoms with van der Waals surface area (Å²) in [6.45, 7) is 23.7. The van der Waals surface area contributed by atoms with Crippen molar-refractivity contribution in [3.63, 3.8) is 0 Å². The Labute approximate surface area is 139 Å². The molecule has 2 rings (SSSR count). The van der Waals surface area contributed by atoms with E-state index in [-0.39, 0.29) is 17.7 Å². The van der Waals surface area contributed by atoms with Crippen molar-refractivity contribution in [2.45, 2.75) is 77.1 Å². The van der Waals surface area contributed by atoms with Gasteiger partial charge in [0.1, 0.15) is 0 Å². The van der Waals surface area contributed by atoms with Crippen molar-refractivity contribution in [1.82, 2.24) is 0 Å². The van der Waals surface area contributed by atoms with Crippen LogP contribution in [0.1, 0.15) is 69.2 Å². The van der Waals surface area contributed by atoms with Gasteiger partial charge in [0.2, 0.25) is 0 Å². The number of allylic oxidation sites excluding steroid dienone is 8. The Kier molecular flexibility index (Phi) is 4.09. The SMILES string of the molecule is CC1=C(C)[C](C)([Ir+][C]2(C)C(C)=C(C)C(C)=C2C)C(C)=C1C. The molecule has 0 saturated heterocycles. The molecule has 2 aliphatic carbocycles. The van der Waals surface area contributed by atoms with Crippen molar-refractivity contribution in [3.8, 4) is 0 Å². The molecule has 0 N–H and O–H groups in total. The summed E-state index contributed by atoms with van der Waals surface area (Å²) >= 11 is -0.220. The van der Waals surface area contributed by atoms with Crippen LogP contribution in [0.25, 0.3) is 0 Å². The summed E-state index contributed by atoms with van der Waals surface area (Å²) in [6, 6.07) is 0. The van der Waals surface area contributed by atoms with Gasteiger partial charge in [-0.15, -0.1) is 0 Å². The zero-order chi connectivity index (χ0) is 16.3. The van der Waals surface area contributed by atoms with Gasteiger partial charge in [-0.2, -0.15) is 0 Å². The summed E-state index contributed by atoms with van der Waals surface area (Å²) in [6.07, 6.45) is 0. The molecule has 0 fully saturated rings. The van der Waals surface area contributed by atoms with E-state index < -0.39 is 0 Å². The van der Waals surface area contributed by atoms with Gasteiger partial charge in [0, 0.05) is 0 Å². The first-order chi connectivity index (χ1) is 9.48. The van der Waals surface area contributed by atoms with E-state index in [1.165, 1.54) is 22.3 Å². The Morgan fingerprint density at radius 2 is 0.667 bits per heavy atom. The van der Waals surface area contributed by atoms with Crippen LogP contribution in [0.2, 0.25) is 7.86 Å². The fourth-order valence-electron chi connectivity index (χ4n) is 3.65.